The van der Waals surface area contributed by atoms with E-state index >= 15 is 0 Å². The Hall–Kier alpha value is -3.15. The summed E-state index contributed by atoms with van der Waals surface area (Å²) in [5.74, 6) is -0.0753. The number of rotatable bonds is 4. The van der Waals surface area contributed by atoms with Crippen LogP contribution in [0.15, 0.2) is 60.7 Å². The lowest BCUT2D eigenvalue weighted by molar-refractivity contribution is -0.384. The van der Waals surface area contributed by atoms with Crippen molar-refractivity contribution in [3.8, 4) is 0 Å². The second-order valence-corrected chi connectivity index (χ2v) is 5.47. The van der Waals surface area contributed by atoms with Crippen LogP contribution in [0.5, 0.6) is 0 Å². The molecule has 2 aromatic carbocycles. The Kier molecular flexibility index (Phi) is 4.29. The first kappa shape index (κ1) is 15.7. The minimum atomic E-state index is -0.431. The Morgan fingerprint density at radius 1 is 1.21 bits per heavy atom. The number of non-ortho nitro benzene ring substituents is 1. The van der Waals surface area contributed by atoms with Crippen molar-refractivity contribution in [2.45, 2.75) is 19.4 Å². The van der Waals surface area contributed by atoms with Crippen molar-refractivity contribution in [2.75, 3.05) is 0 Å². The van der Waals surface area contributed by atoms with Crippen LogP contribution in [-0.4, -0.2) is 15.8 Å². The smallest absolute Gasteiger partial charge is 0.269 e. The number of nitro groups is 1. The Bertz CT molecular complexity index is 802. The maximum Gasteiger partial charge on any atom is 0.269 e. The number of hydrogen-bond acceptors (Lipinski definition) is 4. The van der Waals surface area contributed by atoms with Crippen molar-refractivity contribution >= 4 is 17.3 Å². The van der Waals surface area contributed by atoms with E-state index in [-0.39, 0.29) is 17.6 Å². The summed E-state index contributed by atoms with van der Waals surface area (Å²) in [6.07, 6.45) is 2.26. The Balaban J connectivity index is 2.01. The van der Waals surface area contributed by atoms with Crippen molar-refractivity contribution in [1.82, 2.24) is 10.4 Å². The lowest BCUT2D eigenvalue weighted by atomic mass is 10.0. The summed E-state index contributed by atoms with van der Waals surface area (Å²) in [5, 5.41) is 12.5. The largest absolute Gasteiger partial charge is 0.295 e. The first-order valence-electron chi connectivity index (χ1n) is 7.70. The van der Waals surface area contributed by atoms with E-state index < -0.39 is 4.92 Å². The first-order chi connectivity index (χ1) is 11.6. The van der Waals surface area contributed by atoms with Gasteiger partial charge < -0.3 is 0 Å². The third-order valence-corrected chi connectivity index (χ3v) is 3.92. The van der Waals surface area contributed by atoms with Gasteiger partial charge in [-0.2, -0.15) is 0 Å². The van der Waals surface area contributed by atoms with Gasteiger partial charge in [-0.15, -0.1) is 0 Å². The molecule has 1 N–H and O–H groups in total. The maximum atomic E-state index is 12.3. The van der Waals surface area contributed by atoms with Crippen LogP contribution in [0.2, 0.25) is 0 Å². The summed E-state index contributed by atoms with van der Waals surface area (Å²) in [6, 6.07) is 15.7. The van der Waals surface area contributed by atoms with Gasteiger partial charge in [0.25, 0.3) is 5.69 Å². The van der Waals surface area contributed by atoms with Gasteiger partial charge in [-0.3, -0.25) is 20.3 Å². The molecule has 24 heavy (non-hydrogen) atoms. The van der Waals surface area contributed by atoms with Crippen molar-refractivity contribution in [2.24, 2.45) is 0 Å². The van der Waals surface area contributed by atoms with E-state index in [0.29, 0.717) is 12.0 Å². The first-order valence-corrected chi connectivity index (χ1v) is 7.70. The van der Waals surface area contributed by atoms with Crippen LogP contribution < -0.4 is 5.43 Å². The second-order valence-electron chi connectivity index (χ2n) is 5.47. The number of nitro benzene ring substituents is 1. The molecular formula is C18H17N3O3. The molecule has 0 bridgehead atoms. The highest BCUT2D eigenvalue weighted by Gasteiger charge is 2.30. The van der Waals surface area contributed by atoms with Gasteiger partial charge in [0, 0.05) is 18.6 Å². The molecule has 0 fully saturated rings. The number of hydrogen-bond donors (Lipinski definition) is 1. The van der Waals surface area contributed by atoms with E-state index in [2.05, 4.69) is 5.43 Å². The highest BCUT2D eigenvalue weighted by atomic mass is 16.6. The molecule has 1 aliphatic heterocycles. The molecule has 1 aliphatic rings. The third-order valence-electron chi connectivity index (χ3n) is 3.92. The van der Waals surface area contributed by atoms with Crippen LogP contribution in [-0.2, 0) is 4.79 Å². The number of amides is 1. The fraction of sp³-hybridized carbons (Fsp3) is 0.167. The predicted molar refractivity (Wildman–Crippen MR) is 90.5 cm³/mol. The van der Waals surface area contributed by atoms with Gasteiger partial charge >= 0.3 is 0 Å². The van der Waals surface area contributed by atoms with Gasteiger partial charge in [-0.05, 0) is 17.2 Å². The molecule has 0 spiro atoms. The number of nitrogens with zero attached hydrogens (tertiary/aromatic N) is 2. The van der Waals surface area contributed by atoms with Gasteiger partial charge in [-0.1, -0.05) is 49.4 Å². The van der Waals surface area contributed by atoms with Gasteiger partial charge in [0.15, 0.2) is 0 Å². The highest BCUT2D eigenvalue weighted by Crippen LogP contribution is 2.32. The SMILES string of the molecule is CCC(=O)N1NC(c2ccccc2)=CC1c1cccc([N+](=O)[O-])c1. The van der Waals surface area contributed by atoms with Gasteiger partial charge in [0.05, 0.1) is 16.7 Å². The molecule has 6 heteroatoms. The lowest BCUT2D eigenvalue weighted by Gasteiger charge is -2.25. The van der Waals surface area contributed by atoms with Crippen LogP contribution >= 0.6 is 0 Å². The van der Waals surface area contributed by atoms with Crippen LogP contribution in [0.1, 0.15) is 30.5 Å². The molecule has 1 unspecified atom stereocenters. The monoisotopic (exact) mass is 323 g/mol. The van der Waals surface area contributed by atoms with Crippen LogP contribution in [0.25, 0.3) is 5.70 Å². The average molecular weight is 323 g/mol. The molecule has 0 aliphatic carbocycles. The lowest BCUT2D eigenvalue weighted by Crippen LogP contribution is -2.39. The number of hydrazine groups is 1. The average Bonchev–Trinajstić information content (AvgIpc) is 3.07. The molecule has 0 aromatic heterocycles. The number of carbonyl (C=O) groups excluding carboxylic acids is 1. The van der Waals surface area contributed by atoms with Crippen molar-refractivity contribution in [3.05, 3.63) is 81.9 Å². The summed E-state index contributed by atoms with van der Waals surface area (Å²) < 4.78 is 0. The third kappa shape index (κ3) is 2.99. The zero-order valence-corrected chi connectivity index (χ0v) is 13.2. The zero-order chi connectivity index (χ0) is 17.1. The molecule has 0 saturated carbocycles. The number of carbonyl (C=O) groups is 1. The minimum absolute atomic E-state index is 0.0120. The van der Waals surface area contributed by atoms with Crippen LogP contribution in [0.4, 0.5) is 5.69 Å². The Morgan fingerprint density at radius 3 is 2.62 bits per heavy atom. The van der Waals surface area contributed by atoms with E-state index in [0.717, 1.165) is 11.3 Å². The van der Waals surface area contributed by atoms with E-state index in [4.69, 9.17) is 0 Å². The van der Waals surface area contributed by atoms with E-state index in [9.17, 15) is 14.9 Å². The summed E-state index contributed by atoms with van der Waals surface area (Å²) in [4.78, 5) is 22.9. The summed E-state index contributed by atoms with van der Waals surface area (Å²) in [6.45, 7) is 1.79. The van der Waals surface area contributed by atoms with E-state index in [1.165, 1.54) is 17.1 Å². The van der Waals surface area contributed by atoms with Crippen LogP contribution in [0, 0.1) is 10.1 Å². The van der Waals surface area contributed by atoms with E-state index in [1.54, 1.807) is 19.1 Å². The molecule has 0 radical (unpaired) electrons. The fourth-order valence-corrected chi connectivity index (χ4v) is 2.70. The number of benzene rings is 2. The molecule has 1 atom stereocenters. The number of nitrogens with one attached hydrogen (secondary N) is 1. The zero-order valence-electron chi connectivity index (χ0n) is 13.2. The van der Waals surface area contributed by atoms with Gasteiger partial charge in [0.1, 0.15) is 0 Å². The molecule has 1 amide bonds. The molecular weight excluding hydrogens is 306 g/mol. The molecule has 122 valence electrons. The predicted octanol–water partition coefficient (Wildman–Crippen LogP) is 3.43. The fourth-order valence-electron chi connectivity index (χ4n) is 2.70. The van der Waals surface area contributed by atoms with Crippen LogP contribution in [0.3, 0.4) is 0 Å². The normalized spacial score (nSPS) is 16.5. The summed E-state index contributed by atoms with van der Waals surface area (Å²) in [7, 11) is 0. The Labute approximate surface area is 139 Å². The molecule has 2 aromatic rings. The molecule has 3 rings (SSSR count). The molecule has 0 saturated heterocycles. The maximum absolute atomic E-state index is 12.3. The summed E-state index contributed by atoms with van der Waals surface area (Å²) >= 11 is 0. The van der Waals surface area contributed by atoms with Gasteiger partial charge in [-0.25, -0.2) is 5.01 Å². The topological polar surface area (TPSA) is 75.5 Å². The van der Waals surface area contributed by atoms with E-state index in [1.807, 2.05) is 36.4 Å². The van der Waals surface area contributed by atoms with Crippen molar-refractivity contribution in [3.63, 3.8) is 0 Å². The van der Waals surface area contributed by atoms with Crippen molar-refractivity contribution in [1.29, 1.82) is 0 Å². The quantitative estimate of drug-likeness (QED) is 0.691. The summed E-state index contributed by atoms with van der Waals surface area (Å²) in [5.41, 5.74) is 5.61. The van der Waals surface area contributed by atoms with Gasteiger partial charge in [0.2, 0.25) is 5.91 Å². The highest BCUT2D eigenvalue weighted by molar-refractivity contribution is 5.80. The molecule has 6 nitrogen and oxygen atoms in total. The standard InChI is InChI=1S/C18H17N3O3/c1-2-18(22)20-17(14-9-6-10-15(11-14)21(23)24)12-16(19-20)13-7-4-3-5-8-13/h3-12,17,19H,2H2,1H3. The minimum Gasteiger partial charge on any atom is -0.295 e. The molecule has 1 heterocycles. The Morgan fingerprint density at radius 2 is 1.96 bits per heavy atom. The van der Waals surface area contributed by atoms with Crippen molar-refractivity contribution < 1.29 is 9.72 Å². The second kappa shape index (κ2) is 6.54.